The molecule has 2 N–H and O–H groups in total. The first-order valence-corrected chi connectivity index (χ1v) is 6.31. The highest BCUT2D eigenvalue weighted by atomic mass is 16.2. The lowest BCUT2D eigenvalue weighted by atomic mass is 10.3. The van der Waals surface area contributed by atoms with E-state index < -0.39 is 0 Å². The molecule has 5 heteroatoms. The van der Waals surface area contributed by atoms with Crippen molar-refractivity contribution in [3.05, 3.63) is 54.6 Å². The second-order valence-corrected chi connectivity index (χ2v) is 4.30. The SMILES string of the molecule is CNC(=O)N(c1ccccc1)c1nc2ccccc2[nH]1. The molecule has 0 unspecified atom stereocenters. The molecule has 0 aliphatic carbocycles. The third-order valence-corrected chi connectivity index (χ3v) is 3.02. The highest BCUT2D eigenvalue weighted by Crippen LogP contribution is 2.24. The van der Waals surface area contributed by atoms with E-state index >= 15 is 0 Å². The first kappa shape index (κ1) is 12.2. The molecule has 0 radical (unpaired) electrons. The summed E-state index contributed by atoms with van der Waals surface area (Å²) in [6.45, 7) is 0. The summed E-state index contributed by atoms with van der Waals surface area (Å²) in [4.78, 5) is 21.3. The zero-order valence-electron chi connectivity index (χ0n) is 11.0. The number of aromatic nitrogens is 2. The molecular formula is C15H14N4O. The number of anilines is 2. The Hall–Kier alpha value is -2.82. The van der Waals surface area contributed by atoms with Crippen LogP contribution in [0.2, 0.25) is 0 Å². The van der Waals surface area contributed by atoms with Crippen molar-refractivity contribution in [1.29, 1.82) is 0 Å². The van der Waals surface area contributed by atoms with E-state index in [4.69, 9.17) is 0 Å². The van der Waals surface area contributed by atoms with Crippen LogP contribution in [0.15, 0.2) is 54.6 Å². The Bertz CT molecular complexity index is 703. The Balaban J connectivity index is 2.12. The van der Waals surface area contributed by atoms with Gasteiger partial charge in [0.05, 0.1) is 16.7 Å². The number of carbonyl (C=O) groups is 1. The van der Waals surface area contributed by atoms with Gasteiger partial charge in [0.1, 0.15) is 0 Å². The van der Waals surface area contributed by atoms with Crippen molar-refractivity contribution < 1.29 is 4.79 Å². The van der Waals surface area contributed by atoms with E-state index in [1.165, 1.54) is 4.90 Å². The lowest BCUT2D eigenvalue weighted by Gasteiger charge is -2.19. The minimum atomic E-state index is -0.241. The maximum Gasteiger partial charge on any atom is 0.328 e. The Morgan fingerprint density at radius 2 is 1.80 bits per heavy atom. The maximum absolute atomic E-state index is 12.1. The van der Waals surface area contributed by atoms with Crippen LogP contribution in [0.5, 0.6) is 0 Å². The first-order chi connectivity index (χ1) is 9.79. The fourth-order valence-corrected chi connectivity index (χ4v) is 2.07. The molecule has 0 saturated heterocycles. The van der Waals surface area contributed by atoms with Gasteiger partial charge in [-0.1, -0.05) is 30.3 Å². The van der Waals surface area contributed by atoms with E-state index in [-0.39, 0.29) is 6.03 Å². The molecule has 2 aromatic carbocycles. The van der Waals surface area contributed by atoms with E-state index in [9.17, 15) is 4.79 Å². The molecule has 100 valence electrons. The van der Waals surface area contributed by atoms with Gasteiger partial charge in [0.15, 0.2) is 0 Å². The van der Waals surface area contributed by atoms with Gasteiger partial charge in [-0.15, -0.1) is 0 Å². The van der Waals surface area contributed by atoms with Crippen LogP contribution < -0.4 is 10.2 Å². The van der Waals surface area contributed by atoms with Gasteiger partial charge in [0, 0.05) is 7.05 Å². The van der Waals surface area contributed by atoms with Gasteiger partial charge in [-0.25, -0.2) is 14.7 Å². The normalized spacial score (nSPS) is 10.4. The van der Waals surface area contributed by atoms with Crippen LogP contribution in [-0.4, -0.2) is 23.0 Å². The third-order valence-electron chi connectivity index (χ3n) is 3.02. The number of para-hydroxylation sites is 3. The number of amides is 2. The van der Waals surface area contributed by atoms with E-state index in [1.54, 1.807) is 7.05 Å². The third kappa shape index (κ3) is 2.09. The topological polar surface area (TPSA) is 61.0 Å². The van der Waals surface area contributed by atoms with Crippen LogP contribution in [0, 0.1) is 0 Å². The second-order valence-electron chi connectivity index (χ2n) is 4.30. The number of rotatable bonds is 2. The molecule has 1 aromatic heterocycles. The van der Waals surface area contributed by atoms with Crippen molar-refractivity contribution in [2.75, 3.05) is 11.9 Å². The van der Waals surface area contributed by atoms with Crippen molar-refractivity contribution in [2.45, 2.75) is 0 Å². The summed E-state index contributed by atoms with van der Waals surface area (Å²) in [7, 11) is 1.60. The van der Waals surface area contributed by atoms with Gasteiger partial charge in [-0.05, 0) is 24.3 Å². The summed E-state index contributed by atoms with van der Waals surface area (Å²) in [6.07, 6.45) is 0. The zero-order valence-corrected chi connectivity index (χ0v) is 11.0. The van der Waals surface area contributed by atoms with E-state index in [0.29, 0.717) is 5.95 Å². The number of imidazole rings is 1. The molecule has 0 aliphatic heterocycles. The molecule has 0 aliphatic rings. The van der Waals surface area contributed by atoms with Gasteiger partial charge in [-0.2, -0.15) is 0 Å². The number of carbonyl (C=O) groups excluding carboxylic acids is 1. The molecule has 2 amide bonds. The summed E-state index contributed by atoms with van der Waals surface area (Å²) in [5, 5.41) is 2.63. The molecule has 0 fully saturated rings. The maximum atomic E-state index is 12.1. The molecular weight excluding hydrogens is 252 g/mol. The Morgan fingerprint density at radius 3 is 2.50 bits per heavy atom. The average molecular weight is 266 g/mol. The van der Waals surface area contributed by atoms with Crippen molar-refractivity contribution in [3.8, 4) is 0 Å². The lowest BCUT2D eigenvalue weighted by molar-refractivity contribution is 0.250. The number of H-pyrrole nitrogens is 1. The van der Waals surface area contributed by atoms with Gasteiger partial charge in [-0.3, -0.25) is 0 Å². The van der Waals surface area contributed by atoms with Crippen LogP contribution in [0.25, 0.3) is 11.0 Å². The predicted molar refractivity (Wildman–Crippen MR) is 79.1 cm³/mol. The fourth-order valence-electron chi connectivity index (χ4n) is 2.07. The van der Waals surface area contributed by atoms with Crippen LogP contribution in [0.3, 0.4) is 0 Å². The van der Waals surface area contributed by atoms with Crippen LogP contribution in [-0.2, 0) is 0 Å². The molecule has 20 heavy (non-hydrogen) atoms. The predicted octanol–water partition coefficient (Wildman–Crippen LogP) is 3.04. The van der Waals surface area contributed by atoms with Crippen molar-refractivity contribution in [2.24, 2.45) is 0 Å². The van der Waals surface area contributed by atoms with Crippen LogP contribution >= 0.6 is 0 Å². The molecule has 0 saturated carbocycles. The number of benzene rings is 2. The number of urea groups is 1. The van der Waals surface area contributed by atoms with Crippen LogP contribution in [0.1, 0.15) is 0 Å². The van der Waals surface area contributed by atoms with Gasteiger partial charge in [0.2, 0.25) is 5.95 Å². The Morgan fingerprint density at radius 1 is 1.10 bits per heavy atom. The lowest BCUT2D eigenvalue weighted by Crippen LogP contribution is -2.35. The highest BCUT2D eigenvalue weighted by Gasteiger charge is 2.19. The van der Waals surface area contributed by atoms with Gasteiger partial charge >= 0.3 is 6.03 Å². The Labute approximate surface area is 116 Å². The summed E-state index contributed by atoms with van der Waals surface area (Å²) in [5.74, 6) is 0.497. The Kier molecular flexibility index (Phi) is 3.09. The van der Waals surface area contributed by atoms with E-state index in [2.05, 4.69) is 15.3 Å². The van der Waals surface area contributed by atoms with Crippen molar-refractivity contribution in [3.63, 3.8) is 0 Å². The summed E-state index contributed by atoms with van der Waals surface area (Å²) in [6, 6.07) is 16.8. The number of hydrogen-bond donors (Lipinski definition) is 2. The number of nitrogens with one attached hydrogen (secondary N) is 2. The molecule has 3 rings (SSSR count). The molecule has 0 spiro atoms. The molecule has 3 aromatic rings. The monoisotopic (exact) mass is 266 g/mol. The highest BCUT2D eigenvalue weighted by molar-refractivity contribution is 5.98. The van der Waals surface area contributed by atoms with Crippen molar-refractivity contribution >= 4 is 28.7 Å². The summed E-state index contributed by atoms with van der Waals surface area (Å²) in [5.41, 5.74) is 2.48. The quantitative estimate of drug-likeness (QED) is 0.749. The zero-order chi connectivity index (χ0) is 13.9. The minimum Gasteiger partial charge on any atom is -0.340 e. The van der Waals surface area contributed by atoms with Gasteiger partial charge in [0.25, 0.3) is 0 Å². The van der Waals surface area contributed by atoms with Crippen LogP contribution in [0.4, 0.5) is 16.4 Å². The molecule has 1 heterocycles. The summed E-state index contributed by atoms with van der Waals surface area (Å²) >= 11 is 0. The standard InChI is InChI=1S/C15H14N4O/c1-16-15(20)19(11-7-3-2-4-8-11)14-17-12-9-5-6-10-13(12)18-14/h2-10H,1H3,(H,16,20)(H,17,18). The minimum absolute atomic E-state index is 0.241. The van der Waals surface area contributed by atoms with Crippen molar-refractivity contribution in [1.82, 2.24) is 15.3 Å². The number of hydrogen-bond acceptors (Lipinski definition) is 2. The molecule has 0 atom stereocenters. The van der Waals surface area contributed by atoms with E-state index in [1.807, 2.05) is 54.6 Å². The summed E-state index contributed by atoms with van der Waals surface area (Å²) < 4.78 is 0. The van der Waals surface area contributed by atoms with Gasteiger partial charge < -0.3 is 10.3 Å². The second kappa shape index (κ2) is 5.05. The molecule has 0 bridgehead atoms. The molecule has 5 nitrogen and oxygen atoms in total. The average Bonchev–Trinajstić information content (AvgIpc) is 2.91. The fraction of sp³-hybridized carbons (Fsp3) is 0.0667. The smallest absolute Gasteiger partial charge is 0.328 e. The first-order valence-electron chi connectivity index (χ1n) is 6.31. The number of fused-ring (bicyclic) bond motifs is 1. The largest absolute Gasteiger partial charge is 0.340 e. The number of aromatic amines is 1. The van der Waals surface area contributed by atoms with E-state index in [0.717, 1.165) is 16.7 Å². The number of nitrogens with zero attached hydrogens (tertiary/aromatic N) is 2.